The van der Waals surface area contributed by atoms with Crippen LogP contribution in [0.2, 0.25) is 0 Å². The molecule has 1 amide bonds. The van der Waals surface area contributed by atoms with E-state index in [1.807, 2.05) is 42.5 Å². The Morgan fingerprint density at radius 2 is 1.79 bits per heavy atom. The number of nitrogens with one attached hydrogen (secondary N) is 1. The van der Waals surface area contributed by atoms with Crippen molar-refractivity contribution in [2.75, 3.05) is 5.32 Å². The average molecular weight is 335 g/mol. The van der Waals surface area contributed by atoms with E-state index in [9.17, 15) is 4.79 Å². The average Bonchev–Trinajstić information content (AvgIpc) is 3.14. The van der Waals surface area contributed by atoms with Crippen molar-refractivity contribution in [1.82, 2.24) is 0 Å². The number of furan rings is 1. The van der Waals surface area contributed by atoms with Crippen molar-refractivity contribution in [1.29, 1.82) is 0 Å². The zero-order valence-corrected chi connectivity index (χ0v) is 13.8. The molecular formula is C20H17NO2S. The molecule has 3 nitrogen and oxygen atoms in total. The van der Waals surface area contributed by atoms with Gasteiger partial charge in [0.15, 0.2) is 0 Å². The topological polar surface area (TPSA) is 42.2 Å². The zero-order chi connectivity index (χ0) is 16.6. The summed E-state index contributed by atoms with van der Waals surface area (Å²) in [5, 5.41) is 2.92. The van der Waals surface area contributed by atoms with Gasteiger partial charge in [-0.15, -0.1) is 11.8 Å². The largest absolute Gasteiger partial charge is 0.465 e. The third kappa shape index (κ3) is 4.64. The minimum atomic E-state index is -0.181. The molecule has 3 aromatic rings. The number of anilines is 1. The van der Waals surface area contributed by atoms with Gasteiger partial charge < -0.3 is 9.73 Å². The number of para-hydroxylation sites is 1. The van der Waals surface area contributed by atoms with Crippen LogP contribution in [0.15, 0.2) is 88.4 Å². The van der Waals surface area contributed by atoms with Crippen LogP contribution >= 0.6 is 11.8 Å². The Kier molecular flexibility index (Phi) is 5.53. The quantitative estimate of drug-likeness (QED) is 0.496. The second kappa shape index (κ2) is 8.22. The summed E-state index contributed by atoms with van der Waals surface area (Å²) < 4.78 is 5.17. The van der Waals surface area contributed by atoms with Gasteiger partial charge >= 0.3 is 0 Å². The van der Waals surface area contributed by atoms with E-state index in [1.54, 1.807) is 36.2 Å². The molecule has 0 atom stereocenters. The fraction of sp³-hybridized carbons (Fsp3) is 0.0500. The second-order valence-electron chi connectivity index (χ2n) is 5.11. The van der Waals surface area contributed by atoms with Crippen molar-refractivity contribution in [2.24, 2.45) is 0 Å². The maximum atomic E-state index is 12.1. The van der Waals surface area contributed by atoms with Gasteiger partial charge in [-0.1, -0.05) is 42.5 Å². The molecule has 0 fully saturated rings. The molecule has 1 heterocycles. The molecule has 0 aliphatic rings. The molecule has 0 saturated heterocycles. The number of rotatable bonds is 6. The molecule has 0 aliphatic carbocycles. The fourth-order valence-corrected chi connectivity index (χ4v) is 3.11. The van der Waals surface area contributed by atoms with Crippen molar-refractivity contribution < 1.29 is 9.21 Å². The normalized spacial score (nSPS) is 10.8. The highest BCUT2D eigenvalue weighted by atomic mass is 32.2. The number of amides is 1. The highest BCUT2D eigenvalue weighted by Gasteiger charge is 2.05. The van der Waals surface area contributed by atoms with Gasteiger partial charge in [-0.2, -0.15) is 0 Å². The number of benzene rings is 2. The smallest absolute Gasteiger partial charge is 0.248 e. The standard InChI is InChI=1S/C20H17NO2S/c22-20(13-12-17-9-6-14-23-17)21-18-10-4-5-11-19(18)24-15-16-7-2-1-3-8-16/h1-14H,15H2,(H,21,22)/b13-12+. The lowest BCUT2D eigenvalue weighted by Gasteiger charge is -2.09. The number of hydrogen-bond donors (Lipinski definition) is 1. The molecular weight excluding hydrogens is 318 g/mol. The second-order valence-corrected chi connectivity index (χ2v) is 6.13. The summed E-state index contributed by atoms with van der Waals surface area (Å²) in [6.45, 7) is 0. The molecule has 1 N–H and O–H groups in total. The molecule has 0 aliphatic heterocycles. The predicted molar refractivity (Wildman–Crippen MR) is 98.8 cm³/mol. The summed E-state index contributed by atoms with van der Waals surface area (Å²) in [5.41, 5.74) is 2.06. The third-order valence-corrected chi connectivity index (χ3v) is 4.47. The van der Waals surface area contributed by atoms with Gasteiger partial charge in [0.2, 0.25) is 5.91 Å². The van der Waals surface area contributed by atoms with E-state index in [0.29, 0.717) is 5.76 Å². The van der Waals surface area contributed by atoms with Gasteiger partial charge in [0.25, 0.3) is 0 Å². The molecule has 1 aromatic heterocycles. The van der Waals surface area contributed by atoms with Gasteiger partial charge in [-0.25, -0.2) is 0 Å². The van der Waals surface area contributed by atoms with Crippen LogP contribution in [0.4, 0.5) is 5.69 Å². The van der Waals surface area contributed by atoms with E-state index in [-0.39, 0.29) is 5.91 Å². The first-order valence-electron chi connectivity index (χ1n) is 7.59. The van der Waals surface area contributed by atoms with Gasteiger partial charge in [-0.3, -0.25) is 4.79 Å². The summed E-state index contributed by atoms with van der Waals surface area (Å²) in [7, 11) is 0. The number of carbonyl (C=O) groups excluding carboxylic acids is 1. The summed E-state index contributed by atoms with van der Waals surface area (Å²) in [6, 6.07) is 21.7. The van der Waals surface area contributed by atoms with Crippen LogP contribution < -0.4 is 5.32 Å². The van der Waals surface area contributed by atoms with E-state index >= 15 is 0 Å². The minimum Gasteiger partial charge on any atom is -0.465 e. The Morgan fingerprint density at radius 3 is 2.58 bits per heavy atom. The Bertz CT molecular complexity index is 811. The maximum absolute atomic E-state index is 12.1. The van der Waals surface area contributed by atoms with Gasteiger partial charge in [-0.05, 0) is 35.9 Å². The maximum Gasteiger partial charge on any atom is 0.248 e. The van der Waals surface area contributed by atoms with E-state index < -0.39 is 0 Å². The molecule has 3 rings (SSSR count). The van der Waals surface area contributed by atoms with Crippen molar-refractivity contribution in [3.8, 4) is 0 Å². The van der Waals surface area contributed by atoms with Gasteiger partial charge in [0.1, 0.15) is 5.76 Å². The van der Waals surface area contributed by atoms with Crippen molar-refractivity contribution in [3.05, 3.63) is 90.4 Å². The molecule has 24 heavy (non-hydrogen) atoms. The number of carbonyl (C=O) groups is 1. The summed E-state index contributed by atoms with van der Waals surface area (Å²) in [5.74, 6) is 1.33. The van der Waals surface area contributed by atoms with Crippen molar-refractivity contribution in [2.45, 2.75) is 10.6 Å². The molecule has 0 radical (unpaired) electrons. The van der Waals surface area contributed by atoms with Gasteiger partial charge in [0.05, 0.1) is 12.0 Å². The molecule has 0 bridgehead atoms. The van der Waals surface area contributed by atoms with Crippen molar-refractivity contribution in [3.63, 3.8) is 0 Å². The van der Waals surface area contributed by atoms with E-state index in [0.717, 1.165) is 16.3 Å². The lowest BCUT2D eigenvalue weighted by molar-refractivity contribution is -0.111. The van der Waals surface area contributed by atoms with Crippen LogP contribution in [0.3, 0.4) is 0 Å². The van der Waals surface area contributed by atoms with Crippen LogP contribution in [0.25, 0.3) is 6.08 Å². The highest BCUT2D eigenvalue weighted by Crippen LogP contribution is 2.29. The minimum absolute atomic E-state index is 0.181. The Morgan fingerprint density at radius 1 is 1.00 bits per heavy atom. The van der Waals surface area contributed by atoms with Crippen molar-refractivity contribution >= 4 is 29.4 Å². The Balaban J connectivity index is 1.64. The zero-order valence-electron chi connectivity index (χ0n) is 13.0. The number of hydrogen-bond acceptors (Lipinski definition) is 3. The predicted octanol–water partition coefficient (Wildman–Crippen LogP) is 5.22. The molecule has 120 valence electrons. The molecule has 0 saturated carbocycles. The van der Waals surface area contributed by atoms with E-state index in [2.05, 4.69) is 17.4 Å². The first-order valence-corrected chi connectivity index (χ1v) is 8.58. The molecule has 0 spiro atoms. The third-order valence-electron chi connectivity index (χ3n) is 3.32. The lowest BCUT2D eigenvalue weighted by Crippen LogP contribution is -2.08. The number of thioether (sulfide) groups is 1. The highest BCUT2D eigenvalue weighted by molar-refractivity contribution is 7.98. The molecule has 0 unspecified atom stereocenters. The van der Waals surface area contributed by atoms with Crippen LogP contribution in [0, 0.1) is 0 Å². The molecule has 4 heteroatoms. The summed E-state index contributed by atoms with van der Waals surface area (Å²) >= 11 is 1.70. The van der Waals surface area contributed by atoms with Crippen LogP contribution in [-0.4, -0.2) is 5.91 Å². The van der Waals surface area contributed by atoms with Gasteiger partial charge in [0, 0.05) is 16.7 Å². The van der Waals surface area contributed by atoms with Crippen LogP contribution in [0.1, 0.15) is 11.3 Å². The van der Waals surface area contributed by atoms with E-state index in [4.69, 9.17) is 4.42 Å². The van der Waals surface area contributed by atoms with Crippen LogP contribution in [-0.2, 0) is 10.5 Å². The fourth-order valence-electron chi connectivity index (χ4n) is 2.15. The first kappa shape index (κ1) is 16.1. The lowest BCUT2D eigenvalue weighted by atomic mass is 10.2. The SMILES string of the molecule is O=C(/C=C/c1ccco1)Nc1ccccc1SCc1ccccc1. The first-order chi connectivity index (χ1) is 11.8. The monoisotopic (exact) mass is 335 g/mol. The molecule has 2 aromatic carbocycles. The van der Waals surface area contributed by atoms with Crippen LogP contribution in [0.5, 0.6) is 0 Å². The summed E-state index contributed by atoms with van der Waals surface area (Å²) in [6.07, 6.45) is 4.69. The Labute approximate surface area is 145 Å². The van der Waals surface area contributed by atoms with E-state index in [1.165, 1.54) is 11.6 Å². The summed E-state index contributed by atoms with van der Waals surface area (Å²) in [4.78, 5) is 13.1. The Hall–Kier alpha value is -2.72.